The van der Waals surface area contributed by atoms with Gasteiger partial charge in [-0.05, 0) is 39.5 Å². The topological polar surface area (TPSA) is 78.9 Å². The molecule has 2 N–H and O–H groups in total. The van der Waals surface area contributed by atoms with Crippen LogP contribution in [-0.4, -0.2) is 52.8 Å². The Morgan fingerprint density at radius 2 is 2.16 bits per heavy atom. The normalized spacial score (nSPS) is 35.2. The molecule has 0 radical (unpaired) electrons. The van der Waals surface area contributed by atoms with Crippen LogP contribution in [0, 0.1) is 0 Å². The van der Waals surface area contributed by atoms with Crippen LogP contribution >= 0.6 is 0 Å². The molecule has 0 aliphatic carbocycles. The second-order valence-electron chi connectivity index (χ2n) is 5.65. The first-order chi connectivity index (χ1) is 8.94. The first-order valence-electron chi connectivity index (χ1n) is 6.87. The molecule has 0 bridgehead atoms. The minimum atomic E-state index is -0.921. The molecular weight excluding hydrogens is 248 g/mol. The van der Waals surface area contributed by atoms with E-state index in [1.54, 1.807) is 0 Å². The molecule has 2 aliphatic rings. The summed E-state index contributed by atoms with van der Waals surface area (Å²) in [6.07, 6.45) is 2.96. The maximum atomic E-state index is 12.3. The fraction of sp³-hybridized carbons (Fsp3) is 0.846. The number of ether oxygens (including phenoxy) is 1. The zero-order valence-electron chi connectivity index (χ0n) is 11.5. The molecule has 3 unspecified atom stereocenters. The number of carbonyl (C=O) groups is 2. The number of nitrogens with one attached hydrogen (secondary N) is 1. The Kier molecular flexibility index (Phi) is 3.99. The number of likely N-dealkylation sites (tertiary alicyclic amines) is 1. The molecule has 0 aromatic rings. The van der Waals surface area contributed by atoms with E-state index in [1.165, 1.54) is 4.90 Å². The van der Waals surface area contributed by atoms with E-state index >= 15 is 0 Å². The molecule has 2 aliphatic heterocycles. The highest BCUT2D eigenvalue weighted by Crippen LogP contribution is 2.26. The van der Waals surface area contributed by atoms with Crippen LogP contribution in [0.25, 0.3) is 0 Å². The number of urea groups is 1. The van der Waals surface area contributed by atoms with Crippen LogP contribution in [0.3, 0.4) is 0 Å². The second kappa shape index (κ2) is 5.36. The van der Waals surface area contributed by atoms with Gasteiger partial charge in [0.2, 0.25) is 0 Å². The lowest BCUT2D eigenvalue weighted by Crippen LogP contribution is -2.59. The van der Waals surface area contributed by atoms with E-state index in [2.05, 4.69) is 5.32 Å². The van der Waals surface area contributed by atoms with Gasteiger partial charge in [-0.3, -0.25) is 0 Å². The van der Waals surface area contributed by atoms with E-state index in [1.807, 2.05) is 13.8 Å². The molecule has 2 rings (SSSR count). The first-order valence-corrected chi connectivity index (χ1v) is 6.87. The summed E-state index contributed by atoms with van der Waals surface area (Å²) in [7, 11) is 0. The van der Waals surface area contributed by atoms with Crippen molar-refractivity contribution in [3.63, 3.8) is 0 Å². The van der Waals surface area contributed by atoms with Crippen molar-refractivity contribution in [2.45, 2.75) is 57.2 Å². The van der Waals surface area contributed by atoms with E-state index in [0.717, 1.165) is 19.3 Å². The molecule has 2 amide bonds. The number of nitrogens with zero attached hydrogens (tertiary/aromatic N) is 1. The van der Waals surface area contributed by atoms with Crippen molar-refractivity contribution in [1.29, 1.82) is 0 Å². The van der Waals surface area contributed by atoms with Crippen LogP contribution in [0.4, 0.5) is 4.79 Å². The van der Waals surface area contributed by atoms with Crippen molar-refractivity contribution in [1.82, 2.24) is 10.2 Å². The van der Waals surface area contributed by atoms with E-state index < -0.39 is 17.6 Å². The monoisotopic (exact) mass is 270 g/mol. The minimum absolute atomic E-state index is 0.0514. The molecule has 6 nitrogen and oxygen atoms in total. The summed E-state index contributed by atoms with van der Waals surface area (Å²) in [4.78, 5) is 25.0. The van der Waals surface area contributed by atoms with Gasteiger partial charge >= 0.3 is 12.0 Å². The molecule has 108 valence electrons. The third-order valence-electron chi connectivity index (χ3n) is 4.33. The van der Waals surface area contributed by atoms with Crippen molar-refractivity contribution >= 4 is 12.0 Å². The van der Waals surface area contributed by atoms with Crippen LogP contribution in [0.15, 0.2) is 0 Å². The van der Waals surface area contributed by atoms with Gasteiger partial charge in [0.05, 0.1) is 11.6 Å². The predicted octanol–water partition coefficient (Wildman–Crippen LogP) is 1.20. The van der Waals surface area contributed by atoms with Gasteiger partial charge in [0.25, 0.3) is 0 Å². The van der Waals surface area contributed by atoms with E-state index in [-0.39, 0.29) is 12.1 Å². The highest BCUT2D eigenvalue weighted by Gasteiger charge is 2.41. The molecule has 0 aromatic heterocycles. The molecule has 2 heterocycles. The van der Waals surface area contributed by atoms with Gasteiger partial charge in [0, 0.05) is 13.2 Å². The molecule has 2 saturated heterocycles. The van der Waals surface area contributed by atoms with E-state index in [4.69, 9.17) is 4.74 Å². The summed E-state index contributed by atoms with van der Waals surface area (Å²) in [5, 5.41) is 12.1. The van der Waals surface area contributed by atoms with Gasteiger partial charge in [-0.15, -0.1) is 0 Å². The molecule has 0 saturated carbocycles. The second-order valence-corrected chi connectivity index (χ2v) is 5.65. The summed E-state index contributed by atoms with van der Waals surface area (Å²) in [6, 6.07) is -0.984. The number of piperidine rings is 1. The molecular formula is C13H22N2O4. The Balaban J connectivity index is 2.03. The number of carboxylic acid groups (broad SMARTS) is 1. The lowest BCUT2D eigenvalue weighted by Gasteiger charge is -2.37. The number of amides is 2. The van der Waals surface area contributed by atoms with Crippen molar-refractivity contribution in [3.05, 3.63) is 0 Å². The lowest BCUT2D eigenvalue weighted by molar-refractivity contribution is -0.143. The largest absolute Gasteiger partial charge is 0.480 e. The molecule has 0 spiro atoms. The van der Waals surface area contributed by atoms with Crippen LogP contribution < -0.4 is 5.32 Å². The quantitative estimate of drug-likeness (QED) is 0.790. The predicted molar refractivity (Wildman–Crippen MR) is 68.9 cm³/mol. The average molecular weight is 270 g/mol. The Labute approximate surface area is 113 Å². The smallest absolute Gasteiger partial charge is 0.326 e. The third-order valence-corrected chi connectivity index (χ3v) is 4.33. The summed E-state index contributed by atoms with van der Waals surface area (Å²) in [6.45, 7) is 5.01. The molecule has 19 heavy (non-hydrogen) atoms. The Morgan fingerprint density at radius 1 is 1.42 bits per heavy atom. The van der Waals surface area contributed by atoms with Crippen LogP contribution in [-0.2, 0) is 9.53 Å². The Morgan fingerprint density at radius 3 is 2.74 bits per heavy atom. The van der Waals surface area contributed by atoms with Gasteiger partial charge < -0.3 is 20.1 Å². The summed E-state index contributed by atoms with van der Waals surface area (Å²) in [5.41, 5.74) is -0.405. The molecule has 0 aromatic carbocycles. The fourth-order valence-corrected chi connectivity index (χ4v) is 2.75. The standard InChI is InChI=1S/C13H22N2O4/c1-9-13(2,6-8-19-9)14-12(18)15-7-4-3-5-10(15)11(16)17/h9-10H,3-8H2,1-2H3,(H,14,18)(H,16,17). The van der Waals surface area contributed by atoms with Gasteiger partial charge in [-0.2, -0.15) is 0 Å². The van der Waals surface area contributed by atoms with Crippen LogP contribution in [0.2, 0.25) is 0 Å². The number of rotatable bonds is 2. The number of hydrogen-bond acceptors (Lipinski definition) is 3. The number of aliphatic carboxylic acids is 1. The number of carboxylic acids is 1. The third kappa shape index (κ3) is 2.83. The SMILES string of the molecule is CC1OCCC1(C)NC(=O)N1CCCCC1C(=O)O. The highest BCUT2D eigenvalue weighted by molar-refractivity contribution is 5.83. The maximum absolute atomic E-state index is 12.3. The number of carbonyl (C=O) groups excluding carboxylic acids is 1. The molecule has 2 fully saturated rings. The minimum Gasteiger partial charge on any atom is -0.480 e. The highest BCUT2D eigenvalue weighted by atomic mass is 16.5. The van der Waals surface area contributed by atoms with Gasteiger partial charge in [-0.25, -0.2) is 9.59 Å². The first kappa shape index (κ1) is 14.1. The van der Waals surface area contributed by atoms with Crippen LogP contribution in [0.5, 0.6) is 0 Å². The average Bonchev–Trinajstić information content (AvgIpc) is 2.69. The number of hydrogen-bond donors (Lipinski definition) is 2. The van der Waals surface area contributed by atoms with E-state index in [0.29, 0.717) is 19.6 Å². The van der Waals surface area contributed by atoms with Gasteiger partial charge in [-0.1, -0.05) is 0 Å². The zero-order valence-corrected chi connectivity index (χ0v) is 11.5. The summed E-state index contributed by atoms with van der Waals surface area (Å²) < 4.78 is 5.48. The van der Waals surface area contributed by atoms with E-state index in [9.17, 15) is 14.7 Å². The van der Waals surface area contributed by atoms with Crippen molar-refractivity contribution in [2.24, 2.45) is 0 Å². The lowest BCUT2D eigenvalue weighted by atomic mass is 9.94. The Bertz CT molecular complexity index is 374. The van der Waals surface area contributed by atoms with Crippen LogP contribution in [0.1, 0.15) is 39.5 Å². The fourth-order valence-electron chi connectivity index (χ4n) is 2.75. The molecule has 3 atom stereocenters. The van der Waals surface area contributed by atoms with Crippen molar-refractivity contribution in [3.8, 4) is 0 Å². The summed E-state index contributed by atoms with van der Waals surface area (Å²) >= 11 is 0. The molecule has 6 heteroatoms. The van der Waals surface area contributed by atoms with Crippen molar-refractivity contribution in [2.75, 3.05) is 13.2 Å². The Hall–Kier alpha value is -1.30. The summed E-state index contributed by atoms with van der Waals surface area (Å²) in [5.74, 6) is -0.921. The van der Waals surface area contributed by atoms with Gasteiger partial charge in [0.15, 0.2) is 0 Å². The van der Waals surface area contributed by atoms with Crippen molar-refractivity contribution < 1.29 is 19.4 Å². The van der Waals surface area contributed by atoms with Gasteiger partial charge in [0.1, 0.15) is 6.04 Å². The maximum Gasteiger partial charge on any atom is 0.326 e. The zero-order chi connectivity index (χ0) is 14.0.